The third-order valence-electron chi connectivity index (χ3n) is 4.22. The summed E-state index contributed by atoms with van der Waals surface area (Å²) in [4.78, 5) is 20.1. The Hall–Kier alpha value is -1.90. The first kappa shape index (κ1) is 16.0. The molecule has 124 valence electrons. The van der Waals surface area contributed by atoms with E-state index in [-0.39, 0.29) is 16.7 Å². The Labute approximate surface area is 138 Å². The lowest BCUT2D eigenvalue weighted by Gasteiger charge is -2.30. The average molecular weight is 335 g/mol. The van der Waals surface area contributed by atoms with Gasteiger partial charge in [0.15, 0.2) is 11.5 Å². The van der Waals surface area contributed by atoms with Gasteiger partial charge < -0.3 is 15.3 Å². The summed E-state index contributed by atoms with van der Waals surface area (Å²) in [5.41, 5.74) is 0.495. The number of aryl methyl sites for hydroxylation is 1. The topological polar surface area (TPSA) is 84.7 Å². The standard InChI is InChI=1S/C15H19N4O3S/c1-3-18-10(2)16-14(13(15(18)20)19(21)22)17-7-4-11-6-9-23-12(11)5-8-17/h6,9,21H,3-5,7-8H2,1-2H3/q-1. The number of anilines is 2. The molecular weight excluding hydrogens is 316 g/mol. The predicted octanol–water partition coefficient (Wildman–Crippen LogP) is 1.93. The van der Waals surface area contributed by atoms with Gasteiger partial charge in [-0.3, -0.25) is 14.6 Å². The maximum Gasteiger partial charge on any atom is 0.280 e. The highest BCUT2D eigenvalue weighted by molar-refractivity contribution is 7.10. The van der Waals surface area contributed by atoms with Crippen molar-refractivity contribution in [1.29, 1.82) is 0 Å². The van der Waals surface area contributed by atoms with Crippen LogP contribution in [0.5, 0.6) is 0 Å². The molecule has 3 rings (SSSR count). The fourth-order valence-electron chi connectivity index (χ4n) is 3.02. The van der Waals surface area contributed by atoms with E-state index in [4.69, 9.17) is 0 Å². The van der Waals surface area contributed by atoms with Gasteiger partial charge in [-0.15, -0.1) is 11.3 Å². The lowest BCUT2D eigenvalue weighted by molar-refractivity contribution is 0.294. The Bertz CT molecular complexity index is 746. The molecule has 2 aromatic heterocycles. The average Bonchev–Trinajstić information content (AvgIpc) is 2.85. The molecule has 1 aliphatic heterocycles. The summed E-state index contributed by atoms with van der Waals surface area (Å²) >= 11 is 1.72. The van der Waals surface area contributed by atoms with Gasteiger partial charge in [0, 0.05) is 24.5 Å². The van der Waals surface area contributed by atoms with Gasteiger partial charge in [0.05, 0.1) is 0 Å². The Balaban J connectivity index is 2.02. The molecule has 0 atom stereocenters. The smallest absolute Gasteiger partial charge is 0.280 e. The number of hydrogen-bond donors (Lipinski definition) is 1. The van der Waals surface area contributed by atoms with E-state index in [1.807, 2.05) is 4.90 Å². The van der Waals surface area contributed by atoms with Crippen molar-refractivity contribution in [2.45, 2.75) is 33.2 Å². The Morgan fingerprint density at radius 1 is 1.43 bits per heavy atom. The minimum absolute atomic E-state index is 0.268. The van der Waals surface area contributed by atoms with E-state index in [1.54, 1.807) is 25.2 Å². The molecule has 8 heteroatoms. The maximum atomic E-state index is 12.5. The molecule has 1 aliphatic rings. The molecule has 7 nitrogen and oxygen atoms in total. The molecule has 23 heavy (non-hydrogen) atoms. The van der Waals surface area contributed by atoms with E-state index in [9.17, 15) is 15.2 Å². The molecule has 1 N–H and O–H groups in total. The number of rotatable bonds is 3. The van der Waals surface area contributed by atoms with Crippen molar-refractivity contribution in [3.8, 4) is 0 Å². The monoisotopic (exact) mass is 335 g/mol. The normalized spacial score (nSPS) is 14.5. The van der Waals surface area contributed by atoms with Crippen LogP contribution < -0.4 is 15.7 Å². The number of nitrogens with zero attached hydrogens (tertiary/aromatic N) is 4. The summed E-state index contributed by atoms with van der Waals surface area (Å²) in [7, 11) is 0. The van der Waals surface area contributed by atoms with Crippen molar-refractivity contribution in [2.24, 2.45) is 0 Å². The lowest BCUT2D eigenvalue weighted by atomic mass is 10.2. The van der Waals surface area contributed by atoms with Crippen LogP contribution >= 0.6 is 11.3 Å². The van der Waals surface area contributed by atoms with Gasteiger partial charge in [-0.25, -0.2) is 4.98 Å². The van der Waals surface area contributed by atoms with Gasteiger partial charge in [0.1, 0.15) is 5.82 Å². The number of fused-ring (bicyclic) bond motifs is 1. The fourth-order valence-corrected chi connectivity index (χ4v) is 3.95. The molecule has 0 saturated heterocycles. The molecule has 0 saturated carbocycles. The van der Waals surface area contributed by atoms with Crippen LogP contribution in [0.4, 0.5) is 11.5 Å². The van der Waals surface area contributed by atoms with Crippen molar-refractivity contribution in [1.82, 2.24) is 9.55 Å². The van der Waals surface area contributed by atoms with Crippen LogP contribution in [-0.4, -0.2) is 27.8 Å². The summed E-state index contributed by atoms with van der Waals surface area (Å²) in [6.07, 6.45) is 1.68. The summed E-state index contributed by atoms with van der Waals surface area (Å²) < 4.78 is 1.38. The molecule has 0 aromatic carbocycles. The molecule has 3 heterocycles. The molecule has 0 unspecified atom stereocenters. The van der Waals surface area contributed by atoms with Crippen LogP contribution in [-0.2, 0) is 19.4 Å². The van der Waals surface area contributed by atoms with E-state index in [1.165, 1.54) is 15.0 Å². The Kier molecular flexibility index (Phi) is 4.38. The predicted molar refractivity (Wildman–Crippen MR) is 90.5 cm³/mol. The zero-order chi connectivity index (χ0) is 16.6. The Morgan fingerprint density at radius 3 is 2.87 bits per heavy atom. The quantitative estimate of drug-likeness (QED) is 0.863. The zero-order valence-electron chi connectivity index (χ0n) is 13.2. The summed E-state index contributed by atoms with van der Waals surface area (Å²) in [6, 6.07) is 2.12. The number of hydrogen-bond acceptors (Lipinski definition) is 7. The van der Waals surface area contributed by atoms with Crippen LogP contribution in [0.25, 0.3) is 0 Å². The van der Waals surface area contributed by atoms with E-state index in [0.717, 1.165) is 12.8 Å². The summed E-state index contributed by atoms with van der Waals surface area (Å²) in [6.45, 7) is 5.26. The van der Waals surface area contributed by atoms with Crippen LogP contribution in [0.2, 0.25) is 0 Å². The van der Waals surface area contributed by atoms with Crippen molar-refractivity contribution >= 4 is 22.8 Å². The maximum absolute atomic E-state index is 12.5. The highest BCUT2D eigenvalue weighted by Crippen LogP contribution is 2.27. The highest BCUT2D eigenvalue weighted by atomic mass is 32.1. The summed E-state index contributed by atoms with van der Waals surface area (Å²) in [5.74, 6) is 0.807. The molecule has 0 fully saturated rings. The number of thiophene rings is 1. The minimum atomic E-state index is -0.508. The van der Waals surface area contributed by atoms with E-state index >= 15 is 0 Å². The van der Waals surface area contributed by atoms with Gasteiger partial charge in [-0.05, 0) is 43.7 Å². The zero-order valence-corrected chi connectivity index (χ0v) is 14.0. The van der Waals surface area contributed by atoms with Gasteiger partial charge in [-0.1, -0.05) is 0 Å². The number of aromatic nitrogens is 2. The molecule has 0 aliphatic carbocycles. The van der Waals surface area contributed by atoms with Crippen LogP contribution in [0.15, 0.2) is 16.2 Å². The van der Waals surface area contributed by atoms with Gasteiger partial charge >= 0.3 is 0 Å². The van der Waals surface area contributed by atoms with E-state index in [2.05, 4.69) is 16.4 Å². The second-order valence-corrected chi connectivity index (χ2v) is 6.51. The van der Waals surface area contributed by atoms with Gasteiger partial charge in [0.2, 0.25) is 0 Å². The van der Waals surface area contributed by atoms with Crippen LogP contribution in [0.3, 0.4) is 0 Å². The second kappa shape index (κ2) is 6.31. The van der Waals surface area contributed by atoms with Crippen molar-refractivity contribution in [3.63, 3.8) is 0 Å². The van der Waals surface area contributed by atoms with Crippen molar-refractivity contribution < 1.29 is 5.21 Å². The Morgan fingerprint density at radius 2 is 2.17 bits per heavy atom. The summed E-state index contributed by atoms with van der Waals surface area (Å²) in [5, 5.41) is 22.7. The second-order valence-electron chi connectivity index (χ2n) is 5.51. The third kappa shape index (κ3) is 2.85. The first-order valence-corrected chi connectivity index (χ1v) is 8.48. The first-order chi connectivity index (χ1) is 11.0. The van der Waals surface area contributed by atoms with Gasteiger partial charge in [0.25, 0.3) is 5.56 Å². The van der Waals surface area contributed by atoms with Crippen LogP contribution in [0.1, 0.15) is 23.2 Å². The van der Waals surface area contributed by atoms with Crippen LogP contribution in [0, 0.1) is 12.1 Å². The minimum Gasteiger partial charge on any atom is -0.733 e. The molecule has 0 amide bonds. The fraction of sp³-hybridized carbons (Fsp3) is 0.467. The molecule has 0 bridgehead atoms. The molecular formula is C15H19N4O3S-. The molecule has 2 aromatic rings. The first-order valence-electron chi connectivity index (χ1n) is 7.60. The SMILES string of the molecule is CCn1c(C)nc(N2CCc3ccsc3CC2)c(N([O-])O)c1=O. The largest absolute Gasteiger partial charge is 0.733 e. The molecule has 0 spiro atoms. The lowest BCUT2D eigenvalue weighted by Crippen LogP contribution is -2.35. The third-order valence-corrected chi connectivity index (χ3v) is 5.25. The highest BCUT2D eigenvalue weighted by Gasteiger charge is 2.23. The van der Waals surface area contributed by atoms with Gasteiger partial charge in [-0.2, -0.15) is 0 Å². The van der Waals surface area contributed by atoms with E-state index < -0.39 is 5.56 Å². The van der Waals surface area contributed by atoms with Crippen molar-refractivity contribution in [2.75, 3.05) is 23.2 Å². The van der Waals surface area contributed by atoms with E-state index in [0.29, 0.717) is 25.5 Å². The molecule has 0 radical (unpaired) electrons. The van der Waals surface area contributed by atoms with Crippen molar-refractivity contribution in [3.05, 3.63) is 43.3 Å².